The number of rotatable bonds is 2. The fraction of sp³-hybridized carbons (Fsp3) is 0.333. The predicted octanol–water partition coefficient (Wildman–Crippen LogP) is 1.38. The molecule has 1 rings (SSSR count). The van der Waals surface area contributed by atoms with Crippen molar-refractivity contribution in [2.24, 2.45) is 0 Å². The van der Waals surface area contributed by atoms with Gasteiger partial charge in [-0.2, -0.15) is 0 Å². The van der Waals surface area contributed by atoms with E-state index in [0.717, 1.165) is 0 Å². The molecule has 0 aliphatic heterocycles. The molecule has 66 valence electrons. The summed E-state index contributed by atoms with van der Waals surface area (Å²) < 4.78 is 0. The highest BCUT2D eigenvalue weighted by atomic mass is 16.3. The lowest BCUT2D eigenvalue weighted by molar-refractivity contribution is 0.445. The van der Waals surface area contributed by atoms with Crippen LogP contribution in [0.2, 0.25) is 0 Å². The molecule has 3 N–H and O–H groups in total. The van der Waals surface area contributed by atoms with Crippen LogP contribution in [-0.4, -0.2) is 17.3 Å². The van der Waals surface area contributed by atoms with E-state index in [4.69, 9.17) is 5.11 Å². The normalized spacial score (nSPS) is 12.8. The third kappa shape index (κ3) is 1.68. The van der Waals surface area contributed by atoms with Crippen molar-refractivity contribution < 1.29 is 10.2 Å². The van der Waals surface area contributed by atoms with Crippen LogP contribution in [0, 0.1) is 0 Å². The first-order chi connectivity index (χ1) is 5.65. The molecule has 0 fully saturated rings. The van der Waals surface area contributed by atoms with Crippen LogP contribution >= 0.6 is 0 Å². The maximum atomic E-state index is 9.39. The molecular formula is C9H13NO2. The molecule has 1 unspecified atom stereocenters. The molecule has 0 radical (unpaired) electrons. The van der Waals surface area contributed by atoms with Gasteiger partial charge in [0.2, 0.25) is 0 Å². The molecule has 0 saturated carbocycles. The van der Waals surface area contributed by atoms with Gasteiger partial charge in [-0.3, -0.25) is 0 Å². The SMILES string of the molecule is CNC(C)c1cc(O)ccc1O. The minimum Gasteiger partial charge on any atom is -0.508 e. The Hall–Kier alpha value is -1.22. The van der Waals surface area contributed by atoms with Gasteiger partial charge in [-0.1, -0.05) is 0 Å². The van der Waals surface area contributed by atoms with Gasteiger partial charge in [0.25, 0.3) is 0 Å². The molecule has 1 aromatic carbocycles. The van der Waals surface area contributed by atoms with Gasteiger partial charge in [-0.05, 0) is 32.2 Å². The fourth-order valence-electron chi connectivity index (χ4n) is 1.04. The Labute approximate surface area is 71.7 Å². The molecule has 3 heteroatoms. The summed E-state index contributed by atoms with van der Waals surface area (Å²) in [7, 11) is 1.80. The van der Waals surface area contributed by atoms with Gasteiger partial charge in [-0.15, -0.1) is 0 Å². The van der Waals surface area contributed by atoms with Crippen molar-refractivity contribution in [3.05, 3.63) is 23.8 Å². The smallest absolute Gasteiger partial charge is 0.120 e. The molecule has 0 bridgehead atoms. The van der Waals surface area contributed by atoms with Gasteiger partial charge >= 0.3 is 0 Å². The van der Waals surface area contributed by atoms with E-state index in [0.29, 0.717) is 5.56 Å². The van der Waals surface area contributed by atoms with Gasteiger partial charge in [0, 0.05) is 11.6 Å². The van der Waals surface area contributed by atoms with E-state index < -0.39 is 0 Å². The lowest BCUT2D eigenvalue weighted by Gasteiger charge is -2.12. The van der Waals surface area contributed by atoms with Crippen molar-refractivity contribution in [2.75, 3.05) is 7.05 Å². The van der Waals surface area contributed by atoms with Crippen molar-refractivity contribution in [3.63, 3.8) is 0 Å². The van der Waals surface area contributed by atoms with E-state index in [9.17, 15) is 5.11 Å². The van der Waals surface area contributed by atoms with E-state index in [1.165, 1.54) is 12.1 Å². The minimum absolute atomic E-state index is 0.0390. The maximum Gasteiger partial charge on any atom is 0.120 e. The molecule has 1 aromatic rings. The van der Waals surface area contributed by atoms with Crippen LogP contribution in [0.25, 0.3) is 0 Å². The first-order valence-corrected chi connectivity index (χ1v) is 3.84. The van der Waals surface area contributed by atoms with Gasteiger partial charge in [0.05, 0.1) is 0 Å². The molecule has 0 spiro atoms. The van der Waals surface area contributed by atoms with Crippen LogP contribution in [0.3, 0.4) is 0 Å². The third-order valence-corrected chi connectivity index (χ3v) is 1.91. The summed E-state index contributed by atoms with van der Waals surface area (Å²) in [6, 6.07) is 4.54. The quantitative estimate of drug-likeness (QED) is 0.583. The molecule has 0 aliphatic rings. The van der Waals surface area contributed by atoms with Crippen LogP contribution in [0.1, 0.15) is 18.5 Å². The van der Waals surface area contributed by atoms with Crippen molar-refractivity contribution >= 4 is 0 Å². The molecule has 0 amide bonds. The Morgan fingerprint density at radius 2 is 2.00 bits per heavy atom. The Morgan fingerprint density at radius 3 is 2.58 bits per heavy atom. The van der Waals surface area contributed by atoms with Gasteiger partial charge in [0.15, 0.2) is 0 Å². The van der Waals surface area contributed by atoms with E-state index >= 15 is 0 Å². The Kier molecular flexibility index (Phi) is 2.55. The van der Waals surface area contributed by atoms with E-state index in [-0.39, 0.29) is 17.5 Å². The molecule has 0 aromatic heterocycles. The predicted molar refractivity (Wildman–Crippen MR) is 47.2 cm³/mol. The third-order valence-electron chi connectivity index (χ3n) is 1.91. The average Bonchev–Trinajstić information content (AvgIpc) is 2.08. The molecule has 0 heterocycles. The summed E-state index contributed by atoms with van der Waals surface area (Å²) in [6.45, 7) is 1.91. The summed E-state index contributed by atoms with van der Waals surface area (Å²) in [4.78, 5) is 0. The van der Waals surface area contributed by atoms with Gasteiger partial charge < -0.3 is 15.5 Å². The molecule has 1 atom stereocenters. The van der Waals surface area contributed by atoms with Crippen LogP contribution < -0.4 is 5.32 Å². The Balaban J connectivity index is 3.04. The number of benzene rings is 1. The van der Waals surface area contributed by atoms with Gasteiger partial charge in [0.1, 0.15) is 11.5 Å². The van der Waals surface area contributed by atoms with Crippen LogP contribution in [0.5, 0.6) is 11.5 Å². The summed E-state index contributed by atoms with van der Waals surface area (Å²) in [5.74, 6) is 0.375. The van der Waals surface area contributed by atoms with Crippen LogP contribution in [0.15, 0.2) is 18.2 Å². The second-order valence-corrected chi connectivity index (χ2v) is 2.75. The Bertz CT molecular complexity index is 273. The van der Waals surface area contributed by atoms with E-state index in [2.05, 4.69) is 5.32 Å². The van der Waals surface area contributed by atoms with Crippen molar-refractivity contribution in [1.82, 2.24) is 5.32 Å². The zero-order chi connectivity index (χ0) is 9.14. The molecule has 0 aliphatic carbocycles. The first-order valence-electron chi connectivity index (χ1n) is 3.84. The standard InChI is InChI=1S/C9H13NO2/c1-6(10-2)8-5-7(11)3-4-9(8)12/h3-6,10-12H,1-2H3. The highest BCUT2D eigenvalue weighted by Crippen LogP contribution is 2.27. The van der Waals surface area contributed by atoms with E-state index in [1.807, 2.05) is 6.92 Å². The average molecular weight is 167 g/mol. The highest BCUT2D eigenvalue weighted by molar-refractivity contribution is 5.40. The van der Waals surface area contributed by atoms with Crippen molar-refractivity contribution in [2.45, 2.75) is 13.0 Å². The molecule has 0 saturated heterocycles. The van der Waals surface area contributed by atoms with Crippen LogP contribution in [-0.2, 0) is 0 Å². The zero-order valence-electron chi connectivity index (χ0n) is 7.20. The maximum absolute atomic E-state index is 9.39. The molecule has 12 heavy (non-hydrogen) atoms. The van der Waals surface area contributed by atoms with E-state index in [1.54, 1.807) is 13.1 Å². The number of phenols is 2. The number of nitrogens with one attached hydrogen (secondary N) is 1. The monoisotopic (exact) mass is 167 g/mol. The van der Waals surface area contributed by atoms with Crippen molar-refractivity contribution in [3.8, 4) is 11.5 Å². The lowest BCUT2D eigenvalue weighted by atomic mass is 10.1. The zero-order valence-corrected chi connectivity index (χ0v) is 7.20. The summed E-state index contributed by atoms with van der Waals surface area (Å²) >= 11 is 0. The topological polar surface area (TPSA) is 52.5 Å². The largest absolute Gasteiger partial charge is 0.508 e. The number of hydrogen-bond acceptors (Lipinski definition) is 3. The van der Waals surface area contributed by atoms with Gasteiger partial charge in [-0.25, -0.2) is 0 Å². The Morgan fingerprint density at radius 1 is 1.33 bits per heavy atom. The summed E-state index contributed by atoms with van der Waals surface area (Å²) in [6.07, 6.45) is 0. The molecule has 3 nitrogen and oxygen atoms in total. The van der Waals surface area contributed by atoms with Crippen LogP contribution in [0.4, 0.5) is 0 Å². The lowest BCUT2D eigenvalue weighted by Crippen LogP contribution is -2.12. The second kappa shape index (κ2) is 3.45. The first kappa shape index (κ1) is 8.87. The van der Waals surface area contributed by atoms with Crippen molar-refractivity contribution in [1.29, 1.82) is 0 Å². The highest BCUT2D eigenvalue weighted by Gasteiger charge is 2.08. The number of hydrogen-bond donors (Lipinski definition) is 3. The summed E-state index contributed by atoms with van der Waals surface area (Å²) in [5, 5.41) is 21.5. The fourth-order valence-corrected chi connectivity index (χ4v) is 1.04. The number of phenolic OH excluding ortho intramolecular Hbond substituents is 2. The summed E-state index contributed by atoms with van der Waals surface area (Å²) in [5.41, 5.74) is 0.706. The molecular weight excluding hydrogens is 154 g/mol. The number of aromatic hydroxyl groups is 2. The minimum atomic E-state index is 0.0390. The second-order valence-electron chi connectivity index (χ2n) is 2.75.